The van der Waals surface area contributed by atoms with Crippen LogP contribution in [0, 0.1) is 0 Å². The van der Waals surface area contributed by atoms with E-state index in [1.54, 1.807) is 46.2 Å². The lowest BCUT2D eigenvalue weighted by atomic mass is 10.2. The van der Waals surface area contributed by atoms with E-state index in [1.807, 2.05) is 0 Å². The number of aromatic nitrogens is 3. The monoisotopic (exact) mass is 331 g/mol. The fourth-order valence-electron chi connectivity index (χ4n) is 2.93. The zero-order valence-electron chi connectivity index (χ0n) is 12.1. The Hall–Kier alpha value is -2.38. The predicted molar refractivity (Wildman–Crippen MR) is 84.2 cm³/mol. The maximum Gasteiger partial charge on any atom is 0.289 e. The molecule has 0 bridgehead atoms. The van der Waals surface area contributed by atoms with Gasteiger partial charge in [0.1, 0.15) is 5.58 Å². The van der Waals surface area contributed by atoms with Gasteiger partial charge in [-0.1, -0.05) is 16.8 Å². The summed E-state index contributed by atoms with van der Waals surface area (Å²) in [7, 11) is 0. The molecule has 1 aromatic carbocycles. The Morgan fingerprint density at radius 2 is 2.22 bits per heavy atom. The minimum Gasteiger partial charge on any atom is -0.451 e. The van der Waals surface area contributed by atoms with Crippen LogP contribution in [0.4, 0.5) is 0 Å². The Morgan fingerprint density at radius 1 is 1.35 bits per heavy atom. The van der Waals surface area contributed by atoms with Gasteiger partial charge in [0.15, 0.2) is 5.76 Å². The number of furan rings is 1. The fourth-order valence-corrected chi connectivity index (χ4v) is 3.11. The molecule has 4 rings (SSSR count). The van der Waals surface area contributed by atoms with E-state index in [1.165, 1.54) is 0 Å². The van der Waals surface area contributed by atoms with E-state index in [9.17, 15) is 4.79 Å². The maximum atomic E-state index is 12.7. The van der Waals surface area contributed by atoms with Crippen LogP contribution in [0.15, 0.2) is 41.1 Å². The Kier molecular flexibility index (Phi) is 3.32. The van der Waals surface area contributed by atoms with Gasteiger partial charge in [0.05, 0.1) is 12.2 Å². The Labute approximate surface area is 136 Å². The second kappa shape index (κ2) is 5.36. The normalized spacial score (nSPS) is 21.2. The average Bonchev–Trinajstić information content (AvgIpc) is 3.24. The number of amides is 1. The van der Waals surface area contributed by atoms with E-state index < -0.39 is 0 Å². The van der Waals surface area contributed by atoms with Gasteiger partial charge in [0.2, 0.25) is 0 Å². The smallest absolute Gasteiger partial charge is 0.289 e. The molecule has 2 aromatic heterocycles. The van der Waals surface area contributed by atoms with E-state index in [2.05, 4.69) is 10.3 Å². The summed E-state index contributed by atoms with van der Waals surface area (Å²) in [6.07, 6.45) is 3.35. The Balaban J connectivity index is 1.59. The molecule has 1 aliphatic heterocycles. The standard InChI is InChI=1S/C15H14ClN5O2/c16-10-1-2-13-9(5-10)6-14(23-13)15(22)20-7-11(17)12(8-20)21-4-3-18-19-21/h1-6,11-12H,7-8,17H2/t11-,12+/m1/s1. The third-order valence-electron chi connectivity index (χ3n) is 4.09. The molecule has 8 heteroatoms. The molecule has 0 spiro atoms. The first-order valence-corrected chi connectivity index (χ1v) is 7.59. The van der Waals surface area contributed by atoms with E-state index >= 15 is 0 Å². The van der Waals surface area contributed by atoms with Gasteiger partial charge >= 0.3 is 0 Å². The van der Waals surface area contributed by atoms with Crippen molar-refractivity contribution in [3.05, 3.63) is 47.4 Å². The topological polar surface area (TPSA) is 90.2 Å². The summed E-state index contributed by atoms with van der Waals surface area (Å²) < 4.78 is 7.32. The number of rotatable bonds is 2. The van der Waals surface area contributed by atoms with Gasteiger partial charge < -0.3 is 15.1 Å². The van der Waals surface area contributed by atoms with Gasteiger partial charge in [-0.15, -0.1) is 5.10 Å². The summed E-state index contributed by atoms with van der Waals surface area (Å²) in [5, 5.41) is 9.17. The lowest BCUT2D eigenvalue weighted by Gasteiger charge is -2.14. The van der Waals surface area contributed by atoms with Crippen LogP contribution in [0.5, 0.6) is 0 Å². The number of halogens is 1. The van der Waals surface area contributed by atoms with Crippen molar-refractivity contribution in [3.63, 3.8) is 0 Å². The maximum absolute atomic E-state index is 12.7. The molecule has 0 aliphatic carbocycles. The summed E-state index contributed by atoms with van der Waals surface area (Å²) in [5.74, 6) is 0.101. The SMILES string of the molecule is N[C@@H]1CN(C(=O)c2cc3cc(Cl)ccc3o2)C[C@@H]1n1ccnn1. The minimum absolute atomic E-state index is 0.0831. The van der Waals surface area contributed by atoms with E-state index in [0.717, 1.165) is 5.39 Å². The van der Waals surface area contributed by atoms with Gasteiger partial charge in [-0.3, -0.25) is 4.79 Å². The van der Waals surface area contributed by atoms with Crippen molar-refractivity contribution in [3.8, 4) is 0 Å². The average molecular weight is 332 g/mol. The lowest BCUT2D eigenvalue weighted by molar-refractivity contribution is 0.0756. The summed E-state index contributed by atoms with van der Waals surface area (Å²) >= 11 is 5.96. The molecule has 0 radical (unpaired) electrons. The quantitative estimate of drug-likeness (QED) is 0.772. The summed E-state index contributed by atoms with van der Waals surface area (Å²) in [6, 6.07) is 6.68. The number of benzene rings is 1. The zero-order chi connectivity index (χ0) is 16.0. The van der Waals surface area contributed by atoms with Crippen LogP contribution >= 0.6 is 11.6 Å². The first-order valence-electron chi connectivity index (χ1n) is 7.21. The highest BCUT2D eigenvalue weighted by molar-refractivity contribution is 6.31. The highest BCUT2D eigenvalue weighted by Gasteiger charge is 2.36. The number of carbonyl (C=O) groups excluding carboxylic acids is 1. The molecule has 0 saturated carbocycles. The molecule has 2 atom stereocenters. The van der Waals surface area contributed by atoms with Crippen molar-refractivity contribution >= 4 is 28.5 Å². The van der Waals surface area contributed by atoms with Crippen molar-refractivity contribution in [2.45, 2.75) is 12.1 Å². The highest BCUT2D eigenvalue weighted by atomic mass is 35.5. The molecule has 118 valence electrons. The predicted octanol–water partition coefficient (Wildman–Crippen LogP) is 1.70. The fraction of sp³-hybridized carbons (Fsp3) is 0.267. The summed E-state index contributed by atoms with van der Waals surface area (Å²) in [4.78, 5) is 14.3. The second-order valence-electron chi connectivity index (χ2n) is 5.62. The van der Waals surface area contributed by atoms with Gasteiger partial charge in [-0.25, -0.2) is 4.68 Å². The van der Waals surface area contributed by atoms with Gasteiger partial charge in [-0.05, 0) is 24.3 Å². The summed E-state index contributed by atoms with van der Waals surface area (Å²) in [6.45, 7) is 0.919. The van der Waals surface area contributed by atoms with Gasteiger partial charge in [0.25, 0.3) is 5.91 Å². The highest BCUT2D eigenvalue weighted by Crippen LogP contribution is 2.26. The molecule has 0 unspecified atom stereocenters. The van der Waals surface area contributed by atoms with Crippen molar-refractivity contribution in [2.24, 2.45) is 5.73 Å². The van der Waals surface area contributed by atoms with Gasteiger partial charge in [-0.2, -0.15) is 0 Å². The number of carbonyl (C=O) groups is 1. The van der Waals surface area contributed by atoms with E-state index in [4.69, 9.17) is 21.8 Å². The van der Waals surface area contributed by atoms with Crippen LogP contribution in [0.2, 0.25) is 5.02 Å². The molecular formula is C15H14ClN5O2. The molecule has 7 nitrogen and oxygen atoms in total. The molecule has 1 saturated heterocycles. The third kappa shape index (κ3) is 2.47. The number of hydrogen-bond acceptors (Lipinski definition) is 5. The molecule has 3 heterocycles. The lowest BCUT2D eigenvalue weighted by Crippen LogP contribution is -2.32. The van der Waals surface area contributed by atoms with Crippen molar-refractivity contribution in [1.82, 2.24) is 19.9 Å². The first-order chi connectivity index (χ1) is 11.1. The minimum atomic E-state index is -0.195. The van der Waals surface area contributed by atoms with Crippen LogP contribution in [-0.4, -0.2) is 44.9 Å². The summed E-state index contributed by atoms with van der Waals surface area (Å²) in [5.41, 5.74) is 6.77. The Morgan fingerprint density at radius 3 is 3.00 bits per heavy atom. The number of nitrogens with two attached hydrogens (primary N) is 1. The molecule has 23 heavy (non-hydrogen) atoms. The van der Waals surface area contributed by atoms with E-state index in [0.29, 0.717) is 23.7 Å². The van der Waals surface area contributed by atoms with Crippen molar-refractivity contribution < 1.29 is 9.21 Å². The second-order valence-corrected chi connectivity index (χ2v) is 6.05. The number of fused-ring (bicyclic) bond motifs is 1. The molecule has 2 N–H and O–H groups in total. The first kappa shape index (κ1) is 14.2. The van der Waals surface area contributed by atoms with Crippen LogP contribution in [0.1, 0.15) is 16.6 Å². The molecule has 1 fully saturated rings. The molecule has 1 aliphatic rings. The molecule has 1 amide bonds. The zero-order valence-corrected chi connectivity index (χ0v) is 12.8. The number of hydrogen-bond donors (Lipinski definition) is 1. The van der Waals surface area contributed by atoms with Crippen molar-refractivity contribution in [1.29, 1.82) is 0 Å². The van der Waals surface area contributed by atoms with Gasteiger partial charge in [0, 0.05) is 35.7 Å². The number of nitrogens with zero attached hydrogens (tertiary/aromatic N) is 4. The molecular weight excluding hydrogens is 318 g/mol. The number of likely N-dealkylation sites (tertiary alicyclic amines) is 1. The van der Waals surface area contributed by atoms with Crippen LogP contribution in [0.3, 0.4) is 0 Å². The molecule has 3 aromatic rings. The van der Waals surface area contributed by atoms with Crippen molar-refractivity contribution in [2.75, 3.05) is 13.1 Å². The van der Waals surface area contributed by atoms with Crippen LogP contribution in [-0.2, 0) is 0 Å². The third-order valence-corrected chi connectivity index (χ3v) is 4.33. The van der Waals surface area contributed by atoms with E-state index in [-0.39, 0.29) is 23.8 Å². The van der Waals surface area contributed by atoms with Crippen LogP contribution < -0.4 is 5.73 Å². The Bertz CT molecular complexity index is 860. The van der Waals surface area contributed by atoms with Crippen LogP contribution in [0.25, 0.3) is 11.0 Å². The largest absolute Gasteiger partial charge is 0.451 e.